The van der Waals surface area contributed by atoms with E-state index in [2.05, 4.69) is 56.5 Å². The fraction of sp³-hybridized carbons (Fsp3) is 0.500. The molecule has 0 bridgehead atoms. The first-order valence-corrected chi connectivity index (χ1v) is 15.7. The number of aromatic nitrogens is 2. The minimum Gasteiger partial charge on any atom is -0.478 e. The molecule has 3 aliphatic rings. The highest BCUT2D eigenvalue weighted by atomic mass is 16.5. The van der Waals surface area contributed by atoms with Crippen LogP contribution in [0.4, 0.5) is 5.69 Å². The number of piperazine rings is 1. The second kappa shape index (κ2) is 12.4. The van der Waals surface area contributed by atoms with Gasteiger partial charge in [-0.15, -0.1) is 0 Å². The molecule has 2 N–H and O–H groups in total. The van der Waals surface area contributed by atoms with E-state index < -0.39 is 5.60 Å². The smallest absolute Gasteiger partial charge is 0.266 e. The Kier molecular flexibility index (Phi) is 8.43. The number of carbonyl (C=O) groups is 2. The van der Waals surface area contributed by atoms with E-state index in [1.54, 1.807) is 0 Å². The maximum Gasteiger partial charge on any atom is 0.266 e. The largest absolute Gasteiger partial charge is 0.478 e. The summed E-state index contributed by atoms with van der Waals surface area (Å²) in [5, 5.41) is 10.3. The van der Waals surface area contributed by atoms with Gasteiger partial charge in [0.1, 0.15) is 5.75 Å². The molecule has 6 rings (SSSR count). The molecule has 1 saturated carbocycles. The first-order chi connectivity index (χ1) is 20.8. The average molecular weight is 585 g/mol. The lowest BCUT2D eigenvalue weighted by molar-refractivity contribution is -0.146. The minimum absolute atomic E-state index is 0.00881. The van der Waals surface area contributed by atoms with E-state index in [0.717, 1.165) is 62.1 Å². The zero-order valence-electron chi connectivity index (χ0n) is 25.6. The summed E-state index contributed by atoms with van der Waals surface area (Å²) in [7, 11) is 0. The zero-order valence-corrected chi connectivity index (χ0v) is 25.6. The van der Waals surface area contributed by atoms with E-state index in [1.807, 2.05) is 49.3 Å². The van der Waals surface area contributed by atoms with Crippen molar-refractivity contribution in [1.82, 2.24) is 25.3 Å². The van der Waals surface area contributed by atoms with Gasteiger partial charge in [0.25, 0.3) is 5.91 Å². The molecular formula is C34H44N6O3. The van der Waals surface area contributed by atoms with Crippen LogP contribution in [0.5, 0.6) is 5.75 Å². The fourth-order valence-corrected chi connectivity index (χ4v) is 6.49. The molecule has 2 saturated heterocycles. The van der Waals surface area contributed by atoms with Gasteiger partial charge in [0, 0.05) is 75.4 Å². The third kappa shape index (κ3) is 6.72. The molecule has 1 aliphatic carbocycles. The number of benzene rings is 2. The van der Waals surface area contributed by atoms with Gasteiger partial charge in [0.2, 0.25) is 5.91 Å². The molecule has 1 atom stereocenters. The van der Waals surface area contributed by atoms with E-state index in [4.69, 9.17) is 4.74 Å². The van der Waals surface area contributed by atoms with Crippen LogP contribution in [-0.4, -0.2) is 82.7 Å². The van der Waals surface area contributed by atoms with Gasteiger partial charge in [-0.1, -0.05) is 24.3 Å². The summed E-state index contributed by atoms with van der Waals surface area (Å²) >= 11 is 0. The maximum atomic E-state index is 14.0. The van der Waals surface area contributed by atoms with Crippen LogP contribution < -0.4 is 15.0 Å². The molecule has 2 aromatic carbocycles. The molecule has 9 nitrogen and oxygen atoms in total. The molecule has 9 heteroatoms. The number of amides is 2. The van der Waals surface area contributed by atoms with Crippen LogP contribution in [-0.2, 0) is 16.1 Å². The van der Waals surface area contributed by atoms with Crippen LogP contribution in [0.1, 0.15) is 50.7 Å². The van der Waals surface area contributed by atoms with Crippen molar-refractivity contribution in [3.05, 3.63) is 66.0 Å². The van der Waals surface area contributed by atoms with Crippen molar-refractivity contribution in [3.63, 3.8) is 0 Å². The van der Waals surface area contributed by atoms with E-state index in [1.165, 1.54) is 11.1 Å². The summed E-state index contributed by atoms with van der Waals surface area (Å²) in [5.41, 5.74) is 4.66. The number of anilines is 1. The Bertz CT molecular complexity index is 1430. The lowest BCUT2D eigenvalue weighted by Crippen LogP contribution is -2.54. The van der Waals surface area contributed by atoms with Crippen molar-refractivity contribution in [1.29, 1.82) is 0 Å². The predicted octanol–water partition coefficient (Wildman–Crippen LogP) is 4.38. The quantitative estimate of drug-likeness (QED) is 0.388. The molecule has 1 aromatic heterocycles. The molecule has 3 heterocycles. The number of nitrogens with one attached hydrogen (secondary N) is 2. The number of piperidine rings is 1. The Hall–Kier alpha value is -3.85. The molecule has 2 amide bonds. The Morgan fingerprint density at radius 3 is 2.60 bits per heavy atom. The SMILES string of the molecule is Cc1cc(CN(C(=O)C2CCCN(c3cccc(OC(C)(C)C(=O)N4CCNCC4)c3)C2)C2CC2)ccc1-c1cn[nH]c1. The third-order valence-corrected chi connectivity index (χ3v) is 8.97. The number of aromatic amines is 1. The molecule has 43 heavy (non-hydrogen) atoms. The number of H-pyrrole nitrogens is 1. The van der Waals surface area contributed by atoms with E-state index in [0.29, 0.717) is 38.0 Å². The highest BCUT2D eigenvalue weighted by Crippen LogP contribution is 2.34. The van der Waals surface area contributed by atoms with E-state index >= 15 is 0 Å². The van der Waals surface area contributed by atoms with E-state index in [9.17, 15) is 9.59 Å². The molecule has 1 unspecified atom stereocenters. The van der Waals surface area contributed by atoms with Gasteiger partial charge in [0.05, 0.1) is 12.1 Å². The summed E-state index contributed by atoms with van der Waals surface area (Å²) in [4.78, 5) is 33.5. The van der Waals surface area contributed by atoms with Crippen molar-refractivity contribution in [2.24, 2.45) is 5.92 Å². The summed E-state index contributed by atoms with van der Waals surface area (Å²) in [6.07, 6.45) is 7.77. The lowest BCUT2D eigenvalue weighted by Gasteiger charge is -2.37. The molecular weight excluding hydrogens is 540 g/mol. The van der Waals surface area contributed by atoms with Crippen LogP contribution in [0.15, 0.2) is 54.9 Å². The number of carbonyl (C=O) groups excluding carboxylic acids is 2. The molecule has 3 aromatic rings. The Labute approximate surface area is 254 Å². The van der Waals surface area contributed by atoms with Crippen LogP contribution in [0, 0.1) is 12.8 Å². The molecule has 228 valence electrons. The average Bonchev–Trinajstić information content (AvgIpc) is 3.72. The number of aryl methyl sites for hydroxylation is 1. The first-order valence-electron chi connectivity index (χ1n) is 15.7. The third-order valence-electron chi connectivity index (χ3n) is 8.97. The number of rotatable bonds is 9. The van der Waals surface area contributed by atoms with Gasteiger partial charge in [-0.2, -0.15) is 5.10 Å². The first kappa shape index (κ1) is 29.2. The topological polar surface area (TPSA) is 93.8 Å². The minimum atomic E-state index is -0.962. The highest BCUT2D eigenvalue weighted by Gasteiger charge is 2.38. The Balaban J connectivity index is 1.12. The molecule has 0 spiro atoms. The van der Waals surface area contributed by atoms with Gasteiger partial charge in [-0.25, -0.2) is 0 Å². The van der Waals surface area contributed by atoms with Gasteiger partial charge < -0.3 is 24.8 Å². The lowest BCUT2D eigenvalue weighted by atomic mass is 9.95. The van der Waals surface area contributed by atoms with Crippen molar-refractivity contribution >= 4 is 17.5 Å². The van der Waals surface area contributed by atoms with E-state index in [-0.39, 0.29) is 17.7 Å². The van der Waals surface area contributed by atoms with Crippen molar-refractivity contribution in [3.8, 4) is 16.9 Å². The monoisotopic (exact) mass is 584 g/mol. The van der Waals surface area contributed by atoms with Crippen molar-refractivity contribution < 1.29 is 14.3 Å². The van der Waals surface area contributed by atoms with Crippen LogP contribution in [0.3, 0.4) is 0 Å². The highest BCUT2D eigenvalue weighted by molar-refractivity contribution is 5.85. The number of ether oxygens (including phenoxy) is 1. The van der Waals surface area contributed by atoms with Gasteiger partial charge in [0.15, 0.2) is 5.60 Å². The Morgan fingerprint density at radius 1 is 1.07 bits per heavy atom. The summed E-state index contributed by atoms with van der Waals surface area (Å²) in [6.45, 7) is 11.1. The number of nitrogens with zero attached hydrogens (tertiary/aromatic N) is 4. The standard InChI is InChI=1S/C34H44N6O3/c1-24-18-25(9-12-31(24)27-20-36-37-21-27)22-40(28-10-11-28)32(41)26-6-5-15-39(23-26)29-7-4-8-30(19-29)43-34(2,3)33(42)38-16-13-35-14-17-38/h4,7-9,12,18-21,26,28,35H,5-6,10-11,13-17,22-23H2,1-3H3,(H,36,37). The van der Waals surface area contributed by atoms with Crippen LogP contribution in [0.2, 0.25) is 0 Å². The second-order valence-electron chi connectivity index (χ2n) is 12.8. The second-order valence-corrected chi connectivity index (χ2v) is 12.8. The molecule has 0 radical (unpaired) electrons. The molecule has 2 aliphatic heterocycles. The van der Waals surface area contributed by atoms with Crippen molar-refractivity contribution in [2.75, 3.05) is 44.2 Å². The van der Waals surface area contributed by atoms with Gasteiger partial charge >= 0.3 is 0 Å². The molecule has 3 fully saturated rings. The Morgan fingerprint density at radius 2 is 1.88 bits per heavy atom. The van der Waals surface area contributed by atoms with Gasteiger partial charge in [-0.3, -0.25) is 14.7 Å². The zero-order chi connectivity index (χ0) is 30.0. The number of hydrogen-bond donors (Lipinski definition) is 2. The summed E-state index contributed by atoms with van der Waals surface area (Å²) in [6, 6.07) is 14.8. The van der Waals surface area contributed by atoms with Crippen molar-refractivity contribution in [2.45, 2.75) is 64.6 Å². The number of hydrogen-bond acceptors (Lipinski definition) is 6. The summed E-state index contributed by atoms with van der Waals surface area (Å²) in [5.74, 6) is 0.901. The normalized spacial score (nSPS) is 19.3. The van der Waals surface area contributed by atoms with Crippen LogP contribution in [0.25, 0.3) is 11.1 Å². The van der Waals surface area contributed by atoms with Gasteiger partial charge in [-0.05, 0) is 75.3 Å². The predicted molar refractivity (Wildman–Crippen MR) is 168 cm³/mol. The fourth-order valence-electron chi connectivity index (χ4n) is 6.49. The maximum absolute atomic E-state index is 14.0. The van der Waals surface area contributed by atoms with Crippen LogP contribution >= 0.6 is 0 Å². The summed E-state index contributed by atoms with van der Waals surface area (Å²) < 4.78 is 6.29.